The van der Waals surface area contributed by atoms with Gasteiger partial charge in [-0.25, -0.2) is 0 Å². The summed E-state index contributed by atoms with van der Waals surface area (Å²) in [5.41, 5.74) is 0. The molecule has 8 nitrogen and oxygen atoms in total. The standard InChI is InChI=1S/C6H12O8P.Na/c7-3-1-13-4(6(9)5(3)8)2-14-15(10,11)12;/h1,3-9H,2H2,(H2,10,11,12);/t3-,4+,5+,6-;/m0./s1. The zero-order chi connectivity index (χ0) is 12.5. The number of rotatable bonds is 3. The van der Waals surface area contributed by atoms with Gasteiger partial charge >= 0.3 is 109 Å². The van der Waals surface area contributed by atoms with E-state index in [1.54, 1.807) is 0 Å². The monoisotopic (exact) mass is 266 g/mol. The van der Waals surface area contributed by atoms with Gasteiger partial charge in [0.05, 0.1) is 0 Å². The van der Waals surface area contributed by atoms with Crippen molar-refractivity contribution in [1.82, 2.24) is 0 Å². The SMILES string of the molecule is O=P(O)(O)OC[C@H]1O[CH]([Na])[C@H](O)[C@@H](O)[C@H]1O. The third kappa shape index (κ3) is 4.01. The molecule has 0 aromatic rings. The maximum atomic E-state index is 10.4. The summed E-state index contributed by atoms with van der Waals surface area (Å²) in [5.74, 6) is 0. The molecule has 1 rings (SSSR count). The fraction of sp³-hybridized carbons (Fsp3) is 1.00. The summed E-state index contributed by atoms with van der Waals surface area (Å²) in [4.78, 5) is 16.9. The van der Waals surface area contributed by atoms with E-state index in [1.807, 2.05) is 0 Å². The summed E-state index contributed by atoms with van der Waals surface area (Å²) in [5, 5.41) is 28.2. The first kappa shape index (κ1) is 15.0. The summed E-state index contributed by atoms with van der Waals surface area (Å²) in [6.07, 6.45) is -5.09. The van der Waals surface area contributed by atoms with E-state index in [9.17, 15) is 19.9 Å². The molecule has 1 heterocycles. The van der Waals surface area contributed by atoms with E-state index in [1.165, 1.54) is 0 Å². The third-order valence-electron chi connectivity index (χ3n) is 2.36. The number of phosphoric acid groups is 1. The van der Waals surface area contributed by atoms with Crippen LogP contribution in [-0.2, 0) is 13.8 Å². The van der Waals surface area contributed by atoms with Gasteiger partial charge in [-0.3, -0.25) is 0 Å². The van der Waals surface area contributed by atoms with Crippen LogP contribution in [0.3, 0.4) is 0 Å². The Kier molecular flexibility index (Phi) is 5.37. The van der Waals surface area contributed by atoms with Crippen LogP contribution in [0.4, 0.5) is 0 Å². The van der Waals surface area contributed by atoms with Crippen molar-refractivity contribution in [3.8, 4) is 0 Å². The molecule has 1 saturated heterocycles. The van der Waals surface area contributed by atoms with Gasteiger partial charge in [0.25, 0.3) is 0 Å². The molecule has 0 aliphatic carbocycles. The molecular formula is C6H12NaO8P. The van der Waals surface area contributed by atoms with E-state index in [-0.39, 0.29) is 0 Å². The molecule has 5 N–H and O–H groups in total. The first-order valence-corrected chi connectivity index (χ1v) is 7.30. The van der Waals surface area contributed by atoms with Gasteiger partial charge in [0.1, 0.15) is 0 Å². The number of hydrogen-bond donors (Lipinski definition) is 5. The molecule has 0 aromatic heterocycles. The molecule has 0 aromatic carbocycles. The van der Waals surface area contributed by atoms with Crippen molar-refractivity contribution in [2.24, 2.45) is 0 Å². The third-order valence-corrected chi connectivity index (χ3v) is 3.80. The molecular weight excluding hydrogens is 254 g/mol. The van der Waals surface area contributed by atoms with Crippen LogP contribution in [0, 0.1) is 0 Å². The normalized spacial score (nSPS) is 41.1. The minimum absolute atomic E-state index is 0.406. The Bertz CT molecular complexity index is 282. The van der Waals surface area contributed by atoms with E-state index in [2.05, 4.69) is 4.52 Å². The number of ether oxygens (including phenoxy) is 1. The second-order valence-corrected chi connectivity index (χ2v) is 6.02. The summed E-state index contributed by atoms with van der Waals surface area (Å²) in [6, 6.07) is 0. The van der Waals surface area contributed by atoms with Gasteiger partial charge in [0, 0.05) is 0 Å². The summed E-state index contributed by atoms with van der Waals surface area (Å²) < 4.78 is 19.1. The van der Waals surface area contributed by atoms with Crippen molar-refractivity contribution >= 4 is 35.8 Å². The Morgan fingerprint density at radius 3 is 2.25 bits per heavy atom. The molecule has 16 heavy (non-hydrogen) atoms. The molecule has 90 valence electrons. The van der Waals surface area contributed by atoms with Crippen molar-refractivity contribution in [3.63, 3.8) is 0 Å². The molecule has 1 fully saturated rings. The molecule has 10 heteroatoms. The van der Waals surface area contributed by atoms with E-state index >= 15 is 0 Å². The molecule has 0 spiro atoms. The minimum atomic E-state index is -4.64. The Hall–Kier alpha value is 0.950. The van der Waals surface area contributed by atoms with E-state index < -0.39 is 42.2 Å². The Balaban J connectivity index is 2.57. The Labute approximate surface area is 109 Å². The van der Waals surface area contributed by atoms with E-state index in [0.717, 1.165) is 0 Å². The Morgan fingerprint density at radius 2 is 1.75 bits per heavy atom. The fourth-order valence-electron chi connectivity index (χ4n) is 1.44. The van der Waals surface area contributed by atoms with Gasteiger partial charge in [-0.1, -0.05) is 0 Å². The van der Waals surface area contributed by atoms with Crippen LogP contribution in [0.1, 0.15) is 0 Å². The zero-order valence-corrected chi connectivity index (χ0v) is 11.4. The molecule has 0 radical (unpaired) electrons. The number of hydrogen-bond acceptors (Lipinski definition) is 6. The van der Waals surface area contributed by atoms with E-state index in [4.69, 9.17) is 14.5 Å². The van der Waals surface area contributed by atoms with Crippen LogP contribution in [-0.4, -0.2) is 87.4 Å². The van der Waals surface area contributed by atoms with Gasteiger partial charge in [0.2, 0.25) is 0 Å². The molecule has 1 aliphatic rings. The molecule has 0 saturated carbocycles. The van der Waals surface area contributed by atoms with Crippen molar-refractivity contribution in [2.75, 3.05) is 6.61 Å². The van der Waals surface area contributed by atoms with Gasteiger partial charge < -0.3 is 0 Å². The fourth-order valence-corrected chi connectivity index (χ4v) is 2.53. The maximum absolute atomic E-state index is 10.4. The van der Waals surface area contributed by atoms with Crippen LogP contribution in [0.5, 0.6) is 0 Å². The van der Waals surface area contributed by atoms with Gasteiger partial charge in [-0.15, -0.1) is 0 Å². The molecule has 0 amide bonds. The number of aliphatic hydroxyl groups excluding tert-OH is 3. The quantitative estimate of drug-likeness (QED) is 0.270. The average Bonchev–Trinajstić information content (AvgIpc) is 2.17. The second-order valence-electron chi connectivity index (χ2n) is 3.64. The molecule has 1 unspecified atom stereocenters. The van der Waals surface area contributed by atoms with Crippen molar-refractivity contribution in [2.45, 2.75) is 27.8 Å². The van der Waals surface area contributed by atoms with Crippen LogP contribution < -0.4 is 0 Å². The number of aliphatic hydroxyl groups is 3. The first-order valence-electron chi connectivity index (χ1n) is 4.62. The molecule has 0 bridgehead atoms. The van der Waals surface area contributed by atoms with Gasteiger partial charge in [0.15, 0.2) is 0 Å². The summed E-state index contributed by atoms with van der Waals surface area (Å²) in [7, 11) is -4.64. The van der Waals surface area contributed by atoms with Crippen LogP contribution >= 0.6 is 7.82 Å². The van der Waals surface area contributed by atoms with Gasteiger partial charge in [-0.2, -0.15) is 0 Å². The molecule has 1 aliphatic heterocycles. The van der Waals surface area contributed by atoms with Crippen LogP contribution in [0.25, 0.3) is 0 Å². The summed E-state index contributed by atoms with van der Waals surface area (Å²) >= 11 is 0.406. The predicted octanol–water partition coefficient (Wildman–Crippen LogP) is -2.93. The van der Waals surface area contributed by atoms with Crippen molar-refractivity contribution < 1.29 is 38.9 Å². The van der Waals surface area contributed by atoms with Crippen molar-refractivity contribution in [1.29, 1.82) is 0 Å². The van der Waals surface area contributed by atoms with Crippen LogP contribution in [0.15, 0.2) is 0 Å². The summed E-state index contributed by atoms with van der Waals surface area (Å²) in [6.45, 7) is -0.548. The molecule has 5 atom stereocenters. The van der Waals surface area contributed by atoms with Crippen molar-refractivity contribution in [3.05, 3.63) is 0 Å². The topological polar surface area (TPSA) is 137 Å². The predicted molar refractivity (Wildman–Crippen MR) is 50.4 cm³/mol. The number of phosphoric ester groups is 1. The Morgan fingerprint density at radius 1 is 1.19 bits per heavy atom. The van der Waals surface area contributed by atoms with Gasteiger partial charge in [-0.05, 0) is 0 Å². The first-order chi connectivity index (χ1) is 7.22. The average molecular weight is 266 g/mol. The zero-order valence-electron chi connectivity index (χ0n) is 8.50. The second kappa shape index (κ2) is 5.73. The van der Waals surface area contributed by atoms with E-state index in [0.29, 0.717) is 27.9 Å². The van der Waals surface area contributed by atoms with Crippen LogP contribution in [0.2, 0.25) is 0 Å².